The molecule has 0 saturated carbocycles. The summed E-state index contributed by atoms with van der Waals surface area (Å²) in [5, 5.41) is 2.90. The number of para-hydroxylation sites is 1. The summed E-state index contributed by atoms with van der Waals surface area (Å²) in [7, 11) is 0. The fourth-order valence-corrected chi connectivity index (χ4v) is 2.11. The third kappa shape index (κ3) is 5.44. The SMILES string of the molecule is NC(=NCc1ccccc1OC(F)(F)F)NCC1CCCO1. The fourth-order valence-electron chi connectivity index (χ4n) is 2.11. The van der Waals surface area contributed by atoms with Gasteiger partial charge < -0.3 is 20.5 Å². The van der Waals surface area contributed by atoms with Gasteiger partial charge in [-0.2, -0.15) is 0 Å². The molecule has 1 fully saturated rings. The maximum Gasteiger partial charge on any atom is 0.573 e. The molecule has 1 saturated heterocycles. The van der Waals surface area contributed by atoms with E-state index < -0.39 is 6.36 Å². The van der Waals surface area contributed by atoms with Gasteiger partial charge >= 0.3 is 6.36 Å². The van der Waals surface area contributed by atoms with Crippen molar-refractivity contribution in [2.45, 2.75) is 31.9 Å². The van der Waals surface area contributed by atoms with Crippen LogP contribution in [0, 0.1) is 0 Å². The molecule has 0 spiro atoms. The molecular weight excluding hydrogens is 299 g/mol. The molecule has 5 nitrogen and oxygen atoms in total. The molecule has 22 heavy (non-hydrogen) atoms. The average Bonchev–Trinajstić information content (AvgIpc) is 2.96. The van der Waals surface area contributed by atoms with Crippen molar-refractivity contribution >= 4 is 5.96 Å². The van der Waals surface area contributed by atoms with E-state index in [0.29, 0.717) is 12.1 Å². The van der Waals surface area contributed by atoms with Crippen LogP contribution >= 0.6 is 0 Å². The van der Waals surface area contributed by atoms with Crippen molar-refractivity contribution < 1.29 is 22.6 Å². The molecule has 2 rings (SSSR count). The average molecular weight is 317 g/mol. The Hall–Kier alpha value is -1.96. The van der Waals surface area contributed by atoms with Crippen molar-refractivity contribution in [3.05, 3.63) is 29.8 Å². The largest absolute Gasteiger partial charge is 0.573 e. The zero-order valence-electron chi connectivity index (χ0n) is 11.9. The van der Waals surface area contributed by atoms with Gasteiger partial charge in [-0.15, -0.1) is 13.2 Å². The highest BCUT2D eigenvalue weighted by atomic mass is 19.4. The van der Waals surface area contributed by atoms with Crippen LogP contribution in [0.25, 0.3) is 0 Å². The molecule has 1 heterocycles. The molecule has 0 bridgehead atoms. The van der Waals surface area contributed by atoms with E-state index in [1.165, 1.54) is 18.2 Å². The first-order valence-corrected chi connectivity index (χ1v) is 6.93. The first kappa shape index (κ1) is 16.4. The number of alkyl halides is 3. The summed E-state index contributed by atoms with van der Waals surface area (Å²) >= 11 is 0. The number of guanidine groups is 1. The Labute approximate surface area is 126 Å². The third-order valence-corrected chi connectivity index (χ3v) is 3.15. The highest BCUT2D eigenvalue weighted by Gasteiger charge is 2.31. The van der Waals surface area contributed by atoms with Gasteiger partial charge in [-0.25, -0.2) is 4.99 Å². The number of hydrogen-bond donors (Lipinski definition) is 2. The molecular formula is C14H18F3N3O2. The molecule has 1 unspecified atom stereocenters. The molecule has 1 aromatic carbocycles. The Morgan fingerprint density at radius 1 is 1.41 bits per heavy atom. The van der Waals surface area contributed by atoms with Gasteiger partial charge in [-0.05, 0) is 18.9 Å². The van der Waals surface area contributed by atoms with Crippen LogP contribution < -0.4 is 15.8 Å². The summed E-state index contributed by atoms with van der Waals surface area (Å²) in [6.07, 6.45) is -2.65. The van der Waals surface area contributed by atoms with E-state index in [-0.39, 0.29) is 24.4 Å². The Morgan fingerprint density at radius 2 is 2.18 bits per heavy atom. The molecule has 122 valence electrons. The number of halogens is 3. The number of rotatable bonds is 5. The number of aliphatic imine (C=N–C) groups is 1. The number of nitrogens with zero attached hydrogens (tertiary/aromatic N) is 1. The minimum Gasteiger partial charge on any atom is -0.405 e. The van der Waals surface area contributed by atoms with Crippen molar-refractivity contribution in [1.29, 1.82) is 0 Å². The molecule has 1 aliphatic heterocycles. The monoisotopic (exact) mass is 317 g/mol. The lowest BCUT2D eigenvalue weighted by Crippen LogP contribution is -2.37. The highest BCUT2D eigenvalue weighted by Crippen LogP contribution is 2.26. The van der Waals surface area contributed by atoms with E-state index in [0.717, 1.165) is 19.4 Å². The van der Waals surface area contributed by atoms with Crippen LogP contribution in [0.5, 0.6) is 5.75 Å². The predicted octanol–water partition coefficient (Wildman–Crippen LogP) is 2.17. The van der Waals surface area contributed by atoms with Gasteiger partial charge in [-0.1, -0.05) is 18.2 Å². The van der Waals surface area contributed by atoms with Gasteiger partial charge in [0, 0.05) is 18.7 Å². The molecule has 8 heteroatoms. The summed E-state index contributed by atoms with van der Waals surface area (Å²) in [6, 6.07) is 5.84. The number of hydrogen-bond acceptors (Lipinski definition) is 3. The third-order valence-electron chi connectivity index (χ3n) is 3.15. The second-order valence-corrected chi connectivity index (χ2v) is 4.87. The number of nitrogens with one attached hydrogen (secondary N) is 1. The number of benzene rings is 1. The first-order valence-electron chi connectivity index (χ1n) is 6.93. The van der Waals surface area contributed by atoms with Crippen molar-refractivity contribution in [1.82, 2.24) is 5.32 Å². The van der Waals surface area contributed by atoms with Crippen molar-refractivity contribution in [2.24, 2.45) is 10.7 Å². The van der Waals surface area contributed by atoms with Gasteiger partial charge in [0.1, 0.15) is 5.75 Å². The molecule has 0 aromatic heterocycles. The van der Waals surface area contributed by atoms with Gasteiger partial charge in [-0.3, -0.25) is 0 Å². The van der Waals surface area contributed by atoms with E-state index in [2.05, 4.69) is 15.0 Å². The molecule has 1 aromatic rings. The van der Waals surface area contributed by atoms with Crippen LogP contribution in [0.3, 0.4) is 0 Å². The Bertz CT molecular complexity index is 514. The lowest BCUT2D eigenvalue weighted by atomic mass is 10.2. The van der Waals surface area contributed by atoms with Crippen LogP contribution in [-0.4, -0.2) is 31.6 Å². The smallest absolute Gasteiger partial charge is 0.405 e. The number of nitrogens with two attached hydrogens (primary N) is 1. The van der Waals surface area contributed by atoms with Crippen molar-refractivity contribution in [2.75, 3.05) is 13.2 Å². The molecule has 1 aliphatic rings. The molecule has 0 amide bonds. The fraction of sp³-hybridized carbons (Fsp3) is 0.500. The normalized spacial score (nSPS) is 19.2. The van der Waals surface area contributed by atoms with Gasteiger partial charge in [0.2, 0.25) is 0 Å². The summed E-state index contributed by atoms with van der Waals surface area (Å²) in [6.45, 7) is 1.28. The molecule has 0 aliphatic carbocycles. The Balaban J connectivity index is 1.90. The summed E-state index contributed by atoms with van der Waals surface area (Å²) in [5.74, 6) is -0.108. The standard InChI is InChI=1S/C14H18F3N3O2/c15-14(16,17)22-12-6-2-1-4-10(12)8-19-13(18)20-9-11-5-3-7-21-11/h1-2,4,6,11H,3,5,7-9H2,(H3,18,19,20). The molecule has 3 N–H and O–H groups in total. The lowest BCUT2D eigenvalue weighted by molar-refractivity contribution is -0.274. The maximum absolute atomic E-state index is 12.3. The van der Waals surface area contributed by atoms with E-state index in [9.17, 15) is 13.2 Å². The van der Waals surface area contributed by atoms with Gasteiger partial charge in [0.05, 0.1) is 12.6 Å². The summed E-state index contributed by atoms with van der Waals surface area (Å²) in [5.41, 5.74) is 6.00. The lowest BCUT2D eigenvalue weighted by Gasteiger charge is -2.13. The Kier molecular flexibility index (Phi) is 5.48. The second kappa shape index (κ2) is 7.35. The first-order chi connectivity index (χ1) is 10.4. The van der Waals surface area contributed by atoms with Crippen LogP contribution in [0.1, 0.15) is 18.4 Å². The van der Waals surface area contributed by atoms with E-state index in [4.69, 9.17) is 10.5 Å². The van der Waals surface area contributed by atoms with E-state index >= 15 is 0 Å². The molecule has 1 atom stereocenters. The van der Waals surface area contributed by atoms with Gasteiger partial charge in [0.25, 0.3) is 0 Å². The Morgan fingerprint density at radius 3 is 2.86 bits per heavy atom. The zero-order chi connectivity index (χ0) is 16.0. The number of ether oxygens (including phenoxy) is 2. The zero-order valence-corrected chi connectivity index (χ0v) is 11.9. The predicted molar refractivity (Wildman–Crippen MR) is 75.4 cm³/mol. The maximum atomic E-state index is 12.3. The van der Waals surface area contributed by atoms with Crippen LogP contribution in [-0.2, 0) is 11.3 Å². The highest BCUT2D eigenvalue weighted by molar-refractivity contribution is 5.77. The van der Waals surface area contributed by atoms with Gasteiger partial charge in [0.15, 0.2) is 5.96 Å². The quantitative estimate of drug-likeness (QED) is 0.645. The minimum atomic E-state index is -4.73. The van der Waals surface area contributed by atoms with Crippen LogP contribution in [0.4, 0.5) is 13.2 Å². The summed E-state index contributed by atoms with van der Waals surface area (Å²) < 4.78 is 46.3. The van der Waals surface area contributed by atoms with Crippen LogP contribution in [0.2, 0.25) is 0 Å². The topological polar surface area (TPSA) is 68.9 Å². The molecule has 0 radical (unpaired) electrons. The van der Waals surface area contributed by atoms with Crippen molar-refractivity contribution in [3.8, 4) is 5.75 Å². The van der Waals surface area contributed by atoms with E-state index in [1.54, 1.807) is 6.07 Å². The second-order valence-electron chi connectivity index (χ2n) is 4.87. The van der Waals surface area contributed by atoms with Crippen LogP contribution in [0.15, 0.2) is 29.3 Å². The minimum absolute atomic E-state index is 0.00336. The van der Waals surface area contributed by atoms with E-state index in [1.807, 2.05) is 0 Å². The van der Waals surface area contributed by atoms with Crippen molar-refractivity contribution in [3.63, 3.8) is 0 Å². The summed E-state index contributed by atoms with van der Waals surface area (Å²) in [4.78, 5) is 4.03.